The fourth-order valence-corrected chi connectivity index (χ4v) is 2.63. The van der Waals surface area contributed by atoms with Crippen LogP contribution >= 0.6 is 15.9 Å². The van der Waals surface area contributed by atoms with E-state index in [4.69, 9.17) is 5.41 Å². The predicted molar refractivity (Wildman–Crippen MR) is 113 cm³/mol. The second-order valence-corrected chi connectivity index (χ2v) is 7.74. The summed E-state index contributed by atoms with van der Waals surface area (Å²) < 4.78 is 0.842. The topological polar surface area (TPSA) is 149 Å². The van der Waals surface area contributed by atoms with Gasteiger partial charge in [0.1, 0.15) is 6.04 Å². The van der Waals surface area contributed by atoms with E-state index in [2.05, 4.69) is 45.7 Å². The van der Waals surface area contributed by atoms with Crippen LogP contribution in [0, 0.1) is 21.4 Å². The van der Waals surface area contributed by atoms with Crippen molar-refractivity contribution >= 4 is 33.7 Å². The molecule has 0 aliphatic heterocycles. The van der Waals surface area contributed by atoms with Crippen LogP contribution < -0.4 is 21.4 Å². The zero-order valence-corrected chi connectivity index (χ0v) is 18.0. The van der Waals surface area contributed by atoms with Crippen LogP contribution in [0.4, 0.5) is 0 Å². The van der Waals surface area contributed by atoms with Gasteiger partial charge >= 0.3 is 0 Å². The lowest BCUT2D eigenvalue weighted by Crippen LogP contribution is -2.47. The molecule has 2 amide bonds. The summed E-state index contributed by atoms with van der Waals surface area (Å²) in [5.74, 6) is -0.644. The van der Waals surface area contributed by atoms with Gasteiger partial charge in [-0.2, -0.15) is 0 Å². The molecule has 0 unspecified atom stereocenters. The maximum absolute atomic E-state index is 12.5. The first-order chi connectivity index (χ1) is 13.7. The zero-order chi connectivity index (χ0) is 21.8. The molecule has 5 N–H and O–H groups in total. The van der Waals surface area contributed by atoms with E-state index < -0.39 is 17.0 Å². The Bertz CT molecular complexity index is 711. The molecule has 0 bridgehead atoms. The van der Waals surface area contributed by atoms with Crippen molar-refractivity contribution in [2.45, 2.75) is 39.2 Å². The average molecular weight is 471 g/mol. The van der Waals surface area contributed by atoms with Gasteiger partial charge in [0.15, 0.2) is 5.03 Å². The van der Waals surface area contributed by atoms with E-state index in [9.17, 15) is 19.7 Å². The monoisotopic (exact) mass is 470 g/mol. The Balaban J connectivity index is 2.63. The Hall–Kier alpha value is -2.69. The number of nitro groups is 1. The molecule has 0 aromatic heterocycles. The van der Waals surface area contributed by atoms with Crippen LogP contribution in [0.3, 0.4) is 0 Å². The van der Waals surface area contributed by atoms with Crippen LogP contribution in [0.15, 0.2) is 28.7 Å². The molecular formula is C18H27BrN6O4. The van der Waals surface area contributed by atoms with Crippen LogP contribution in [-0.2, 0) is 4.79 Å². The molecule has 0 heterocycles. The normalized spacial score (nSPS) is 11.4. The summed E-state index contributed by atoms with van der Waals surface area (Å²) in [5.41, 5.74) is 2.13. The molecule has 0 saturated heterocycles. The molecule has 0 aliphatic carbocycles. The standard InChI is InChI=1S/C18H27BrN6O4/c1-12(2)9-11-21-17(27)15(4-3-10-22-18(20)24-25(28)29)23-16(26)13-5-7-14(19)8-6-13/h5-8,12,15H,3-4,9-11H2,1-2H3,(H,21,27)(H,23,26)(H3,20,22,24)/t15-/m0/s1. The highest BCUT2D eigenvalue weighted by Crippen LogP contribution is 2.11. The van der Waals surface area contributed by atoms with Gasteiger partial charge in [-0.05, 0) is 49.4 Å². The van der Waals surface area contributed by atoms with E-state index in [-0.39, 0.29) is 18.4 Å². The van der Waals surface area contributed by atoms with E-state index in [1.54, 1.807) is 29.7 Å². The van der Waals surface area contributed by atoms with Crippen molar-refractivity contribution in [1.29, 1.82) is 5.41 Å². The van der Waals surface area contributed by atoms with Crippen LogP contribution in [0.5, 0.6) is 0 Å². The lowest BCUT2D eigenvalue weighted by Gasteiger charge is -2.19. The second-order valence-electron chi connectivity index (χ2n) is 6.82. The SMILES string of the molecule is CC(C)CCNC(=O)[C@H](CCCNC(=N)N[N+](=O)[O-])NC(=O)c1ccc(Br)cc1. The van der Waals surface area contributed by atoms with Gasteiger partial charge in [-0.25, -0.2) is 10.1 Å². The van der Waals surface area contributed by atoms with E-state index in [0.29, 0.717) is 30.9 Å². The predicted octanol–water partition coefficient (Wildman–Crippen LogP) is 1.80. The second kappa shape index (κ2) is 12.7. The van der Waals surface area contributed by atoms with Crippen molar-refractivity contribution in [2.75, 3.05) is 13.1 Å². The fraction of sp³-hybridized carbons (Fsp3) is 0.500. The minimum atomic E-state index is -0.835. The number of halogens is 1. The van der Waals surface area contributed by atoms with Gasteiger partial charge in [0, 0.05) is 23.1 Å². The number of amides is 2. The summed E-state index contributed by atoms with van der Waals surface area (Å²) >= 11 is 3.31. The summed E-state index contributed by atoms with van der Waals surface area (Å²) in [6.07, 6.45) is 1.56. The van der Waals surface area contributed by atoms with Crippen molar-refractivity contribution in [3.8, 4) is 0 Å². The van der Waals surface area contributed by atoms with Gasteiger partial charge in [-0.3, -0.25) is 15.0 Å². The van der Waals surface area contributed by atoms with E-state index in [1.165, 1.54) is 0 Å². The first-order valence-corrected chi connectivity index (χ1v) is 10.1. The molecule has 10 nitrogen and oxygen atoms in total. The third kappa shape index (κ3) is 10.4. The number of hydrazine groups is 1. The molecule has 29 heavy (non-hydrogen) atoms. The van der Waals surface area contributed by atoms with Crippen molar-refractivity contribution in [3.63, 3.8) is 0 Å². The molecular weight excluding hydrogens is 444 g/mol. The maximum atomic E-state index is 12.5. The van der Waals surface area contributed by atoms with Crippen LogP contribution in [0.25, 0.3) is 0 Å². The van der Waals surface area contributed by atoms with E-state index >= 15 is 0 Å². The van der Waals surface area contributed by atoms with Gasteiger partial charge in [-0.1, -0.05) is 35.2 Å². The average Bonchev–Trinajstić information content (AvgIpc) is 2.63. The van der Waals surface area contributed by atoms with Gasteiger partial charge in [0.05, 0.1) is 0 Å². The van der Waals surface area contributed by atoms with Crippen molar-refractivity contribution in [1.82, 2.24) is 21.4 Å². The minimum absolute atomic E-state index is 0.240. The van der Waals surface area contributed by atoms with Crippen molar-refractivity contribution in [3.05, 3.63) is 44.4 Å². The quantitative estimate of drug-likeness (QED) is 0.109. The molecule has 0 radical (unpaired) electrons. The number of guanidine groups is 1. The number of rotatable bonds is 11. The Morgan fingerprint density at radius 2 is 1.79 bits per heavy atom. The number of benzene rings is 1. The van der Waals surface area contributed by atoms with Crippen LogP contribution in [0.2, 0.25) is 0 Å². The number of hydrogen-bond donors (Lipinski definition) is 5. The van der Waals surface area contributed by atoms with Gasteiger partial charge in [0.25, 0.3) is 11.9 Å². The van der Waals surface area contributed by atoms with Crippen LogP contribution in [0.1, 0.15) is 43.5 Å². The number of nitrogens with one attached hydrogen (secondary N) is 5. The molecule has 1 aromatic carbocycles. The van der Waals surface area contributed by atoms with Crippen LogP contribution in [-0.4, -0.2) is 41.9 Å². The third-order valence-electron chi connectivity index (χ3n) is 3.92. The highest BCUT2D eigenvalue weighted by molar-refractivity contribution is 9.10. The summed E-state index contributed by atoms with van der Waals surface area (Å²) in [4.78, 5) is 35.3. The molecule has 1 atom stereocenters. The number of hydrogen-bond acceptors (Lipinski definition) is 5. The Labute approximate surface area is 178 Å². The summed E-state index contributed by atoms with van der Waals surface area (Å²) in [5, 5.41) is 24.9. The molecule has 0 fully saturated rings. The minimum Gasteiger partial charge on any atom is -0.354 e. The Morgan fingerprint density at radius 1 is 1.14 bits per heavy atom. The first-order valence-electron chi connectivity index (χ1n) is 9.26. The van der Waals surface area contributed by atoms with Gasteiger partial charge in [-0.15, -0.1) is 0 Å². The lowest BCUT2D eigenvalue weighted by atomic mass is 10.1. The van der Waals surface area contributed by atoms with E-state index in [0.717, 1.165) is 10.9 Å². The molecule has 0 aliphatic rings. The largest absolute Gasteiger partial charge is 0.354 e. The molecule has 0 saturated carbocycles. The summed E-state index contributed by atoms with van der Waals surface area (Å²) in [6.45, 7) is 4.86. The third-order valence-corrected chi connectivity index (χ3v) is 4.45. The van der Waals surface area contributed by atoms with Crippen molar-refractivity contribution in [2.24, 2.45) is 5.92 Å². The molecule has 0 spiro atoms. The fourth-order valence-electron chi connectivity index (χ4n) is 2.37. The molecule has 160 valence electrons. The van der Waals surface area contributed by atoms with E-state index in [1.807, 2.05) is 0 Å². The number of nitrogens with zero attached hydrogens (tertiary/aromatic N) is 1. The number of carbonyl (C=O) groups is 2. The zero-order valence-electron chi connectivity index (χ0n) is 16.5. The van der Waals surface area contributed by atoms with Gasteiger partial charge < -0.3 is 16.0 Å². The van der Waals surface area contributed by atoms with Gasteiger partial charge in [0.2, 0.25) is 5.91 Å². The lowest BCUT2D eigenvalue weighted by molar-refractivity contribution is -0.525. The maximum Gasteiger partial charge on any atom is 0.251 e. The highest BCUT2D eigenvalue weighted by atomic mass is 79.9. The Kier molecular flexibility index (Phi) is 10.7. The molecule has 1 rings (SSSR count). The first kappa shape index (κ1) is 24.3. The molecule has 11 heteroatoms. The summed E-state index contributed by atoms with van der Waals surface area (Å²) in [7, 11) is 0. The highest BCUT2D eigenvalue weighted by Gasteiger charge is 2.21. The summed E-state index contributed by atoms with van der Waals surface area (Å²) in [6, 6.07) is 6.03. The van der Waals surface area contributed by atoms with Crippen molar-refractivity contribution < 1.29 is 14.6 Å². The smallest absolute Gasteiger partial charge is 0.251 e. The number of carbonyl (C=O) groups excluding carboxylic acids is 2. The molecule has 1 aromatic rings. The Morgan fingerprint density at radius 3 is 2.38 bits per heavy atom.